The summed E-state index contributed by atoms with van der Waals surface area (Å²) in [5.41, 5.74) is 0.778. The third-order valence-electron chi connectivity index (χ3n) is 4.75. The van der Waals surface area contributed by atoms with Crippen LogP contribution in [0.25, 0.3) is 10.2 Å². The number of thiophene rings is 1. The number of hydrogen-bond acceptors (Lipinski definition) is 5. The van der Waals surface area contributed by atoms with Crippen LogP contribution in [0, 0.1) is 6.92 Å². The largest absolute Gasteiger partial charge is 0.347 e. The number of nitrogens with zero attached hydrogens (tertiary/aromatic N) is 2. The molecule has 2 aromatic heterocycles. The Labute approximate surface area is 137 Å². The van der Waals surface area contributed by atoms with Crippen molar-refractivity contribution in [2.75, 3.05) is 13.1 Å². The third kappa shape index (κ3) is 2.48. The molecule has 2 N–H and O–H groups in total. The molecule has 1 atom stereocenters. The molecular formula is C16H20N4O2S. The lowest BCUT2D eigenvalue weighted by atomic mass is 10.1. The summed E-state index contributed by atoms with van der Waals surface area (Å²) in [6.07, 6.45) is 3.89. The molecule has 122 valence electrons. The van der Waals surface area contributed by atoms with Crippen molar-refractivity contribution in [3.05, 3.63) is 26.6 Å². The van der Waals surface area contributed by atoms with Gasteiger partial charge in [-0.15, -0.1) is 11.3 Å². The maximum absolute atomic E-state index is 12.7. The Kier molecular flexibility index (Phi) is 3.69. The van der Waals surface area contributed by atoms with Crippen molar-refractivity contribution in [3.8, 4) is 0 Å². The predicted molar refractivity (Wildman–Crippen MR) is 90.3 cm³/mol. The zero-order valence-corrected chi connectivity index (χ0v) is 14.0. The van der Waals surface area contributed by atoms with E-state index in [0.29, 0.717) is 15.1 Å². The smallest absolute Gasteiger partial charge is 0.262 e. The van der Waals surface area contributed by atoms with E-state index in [1.807, 2.05) is 6.92 Å². The summed E-state index contributed by atoms with van der Waals surface area (Å²) < 4.78 is 1.76. The Morgan fingerprint density at radius 3 is 3.09 bits per heavy atom. The van der Waals surface area contributed by atoms with E-state index in [0.717, 1.165) is 56.7 Å². The highest BCUT2D eigenvalue weighted by atomic mass is 32.1. The number of amides is 1. The number of rotatable bonds is 2. The molecule has 23 heavy (non-hydrogen) atoms. The first-order valence-electron chi connectivity index (χ1n) is 8.19. The minimum absolute atomic E-state index is 0.00892. The van der Waals surface area contributed by atoms with Crippen LogP contribution in [0.1, 0.15) is 40.3 Å². The second-order valence-electron chi connectivity index (χ2n) is 6.34. The van der Waals surface area contributed by atoms with Gasteiger partial charge in [0, 0.05) is 25.6 Å². The van der Waals surface area contributed by atoms with Crippen LogP contribution >= 0.6 is 11.3 Å². The third-order valence-corrected chi connectivity index (χ3v) is 5.93. The molecule has 4 heterocycles. The quantitative estimate of drug-likeness (QED) is 0.866. The summed E-state index contributed by atoms with van der Waals surface area (Å²) in [4.78, 5) is 31.2. The van der Waals surface area contributed by atoms with Gasteiger partial charge in [0.25, 0.3) is 11.5 Å². The van der Waals surface area contributed by atoms with E-state index in [1.165, 1.54) is 11.3 Å². The normalized spacial score (nSPS) is 20.7. The van der Waals surface area contributed by atoms with Gasteiger partial charge in [-0.1, -0.05) is 0 Å². The molecule has 2 aromatic rings. The zero-order valence-electron chi connectivity index (χ0n) is 13.1. The minimum Gasteiger partial charge on any atom is -0.347 e. The van der Waals surface area contributed by atoms with E-state index in [4.69, 9.17) is 0 Å². The molecule has 0 saturated carbocycles. The van der Waals surface area contributed by atoms with Crippen molar-refractivity contribution in [1.82, 2.24) is 20.2 Å². The topological polar surface area (TPSA) is 76.0 Å². The van der Waals surface area contributed by atoms with E-state index in [1.54, 1.807) is 4.57 Å². The van der Waals surface area contributed by atoms with Gasteiger partial charge in [0.1, 0.15) is 10.7 Å². The lowest BCUT2D eigenvalue weighted by Gasteiger charge is -2.23. The van der Waals surface area contributed by atoms with Gasteiger partial charge in [-0.3, -0.25) is 14.2 Å². The molecule has 4 rings (SSSR count). The van der Waals surface area contributed by atoms with Gasteiger partial charge in [0.2, 0.25) is 0 Å². The molecule has 1 amide bonds. The number of aryl methyl sites for hydroxylation is 2. The van der Waals surface area contributed by atoms with Crippen molar-refractivity contribution in [2.24, 2.45) is 0 Å². The zero-order chi connectivity index (χ0) is 16.0. The Bertz CT molecular complexity index is 833. The highest BCUT2D eigenvalue weighted by Gasteiger charge is 2.24. The number of carbonyl (C=O) groups excluding carboxylic acids is 1. The number of carbonyl (C=O) groups is 1. The molecule has 0 bridgehead atoms. The molecule has 2 aliphatic heterocycles. The molecule has 7 heteroatoms. The molecule has 1 saturated heterocycles. The van der Waals surface area contributed by atoms with Gasteiger partial charge in [-0.05, 0) is 38.3 Å². The molecule has 0 aliphatic carbocycles. The average molecular weight is 332 g/mol. The van der Waals surface area contributed by atoms with Crippen LogP contribution in [0.15, 0.2) is 4.79 Å². The van der Waals surface area contributed by atoms with E-state index < -0.39 is 0 Å². The molecule has 6 nitrogen and oxygen atoms in total. The van der Waals surface area contributed by atoms with Crippen LogP contribution in [-0.2, 0) is 13.0 Å². The number of hydrogen-bond donors (Lipinski definition) is 2. The number of piperidine rings is 1. The Morgan fingerprint density at radius 2 is 2.30 bits per heavy atom. The molecule has 0 aromatic carbocycles. The van der Waals surface area contributed by atoms with Crippen molar-refractivity contribution < 1.29 is 4.79 Å². The first kappa shape index (κ1) is 14.8. The molecule has 0 spiro atoms. The maximum atomic E-state index is 12.7. The van der Waals surface area contributed by atoms with Crippen molar-refractivity contribution >= 4 is 27.5 Å². The predicted octanol–water partition coefficient (Wildman–Crippen LogP) is 1.19. The summed E-state index contributed by atoms with van der Waals surface area (Å²) in [7, 11) is 0. The van der Waals surface area contributed by atoms with Crippen LogP contribution in [0.3, 0.4) is 0 Å². The molecular weight excluding hydrogens is 312 g/mol. The summed E-state index contributed by atoms with van der Waals surface area (Å²) in [6.45, 7) is 4.42. The lowest BCUT2D eigenvalue weighted by Crippen LogP contribution is -2.45. The monoisotopic (exact) mass is 332 g/mol. The first-order chi connectivity index (χ1) is 11.1. The number of aromatic nitrogens is 2. The highest BCUT2D eigenvalue weighted by Crippen LogP contribution is 2.28. The SMILES string of the molecule is Cc1c(C(=O)N[C@H]2CCCNC2)sc2nc3n(c(=O)c12)CCC3. The number of fused-ring (bicyclic) bond motifs is 2. The fourth-order valence-corrected chi connectivity index (χ4v) is 4.61. The Balaban J connectivity index is 1.70. The van der Waals surface area contributed by atoms with Gasteiger partial charge in [0.05, 0.1) is 10.3 Å². The molecule has 1 fully saturated rings. The van der Waals surface area contributed by atoms with E-state index in [9.17, 15) is 9.59 Å². The second-order valence-corrected chi connectivity index (χ2v) is 7.34. The van der Waals surface area contributed by atoms with Crippen LogP contribution < -0.4 is 16.2 Å². The summed E-state index contributed by atoms with van der Waals surface area (Å²) in [5.74, 6) is 0.774. The van der Waals surface area contributed by atoms with Gasteiger partial charge >= 0.3 is 0 Å². The van der Waals surface area contributed by atoms with Crippen molar-refractivity contribution in [3.63, 3.8) is 0 Å². The highest BCUT2D eigenvalue weighted by molar-refractivity contribution is 7.20. The fourth-order valence-electron chi connectivity index (χ4n) is 3.52. The summed E-state index contributed by atoms with van der Waals surface area (Å²) >= 11 is 1.34. The summed E-state index contributed by atoms with van der Waals surface area (Å²) in [5, 5.41) is 7.00. The van der Waals surface area contributed by atoms with Crippen LogP contribution in [0.5, 0.6) is 0 Å². The number of nitrogens with one attached hydrogen (secondary N) is 2. The lowest BCUT2D eigenvalue weighted by molar-refractivity contribution is 0.0934. The van der Waals surface area contributed by atoms with Crippen molar-refractivity contribution in [2.45, 2.75) is 45.2 Å². The van der Waals surface area contributed by atoms with Gasteiger partial charge in [-0.25, -0.2) is 4.98 Å². The van der Waals surface area contributed by atoms with Gasteiger partial charge in [-0.2, -0.15) is 0 Å². The Morgan fingerprint density at radius 1 is 1.43 bits per heavy atom. The van der Waals surface area contributed by atoms with E-state index >= 15 is 0 Å². The molecule has 0 unspecified atom stereocenters. The molecule has 0 radical (unpaired) electrons. The van der Waals surface area contributed by atoms with E-state index in [-0.39, 0.29) is 17.5 Å². The van der Waals surface area contributed by atoms with Crippen molar-refractivity contribution in [1.29, 1.82) is 0 Å². The fraction of sp³-hybridized carbons (Fsp3) is 0.562. The maximum Gasteiger partial charge on any atom is 0.262 e. The minimum atomic E-state index is -0.0799. The average Bonchev–Trinajstić information content (AvgIpc) is 3.14. The Hall–Kier alpha value is -1.73. The first-order valence-corrected chi connectivity index (χ1v) is 9.01. The van der Waals surface area contributed by atoms with Crippen LogP contribution in [-0.4, -0.2) is 34.6 Å². The van der Waals surface area contributed by atoms with Gasteiger partial charge in [0.15, 0.2) is 0 Å². The van der Waals surface area contributed by atoms with E-state index in [2.05, 4.69) is 15.6 Å². The van der Waals surface area contributed by atoms with Gasteiger partial charge < -0.3 is 10.6 Å². The van der Waals surface area contributed by atoms with Crippen LogP contribution in [0.2, 0.25) is 0 Å². The standard InChI is InChI=1S/C16H20N4O2S/c1-9-12-15(19-11-5-3-7-20(11)16(12)22)23-13(9)14(21)18-10-4-2-6-17-8-10/h10,17H,2-8H2,1H3,(H,18,21)/t10-/m0/s1. The summed E-state index contributed by atoms with van der Waals surface area (Å²) in [6, 6.07) is 0.167. The second kappa shape index (κ2) is 5.72. The molecule has 2 aliphatic rings. The van der Waals surface area contributed by atoms with Crippen LogP contribution in [0.4, 0.5) is 0 Å².